The molecule has 1 aliphatic heterocycles. The minimum absolute atomic E-state index is 0.0625. The number of nitrogens with zero attached hydrogens (tertiary/aromatic N) is 1. The molecule has 1 aliphatic rings. The van der Waals surface area contributed by atoms with E-state index in [0.717, 1.165) is 0 Å². The number of ether oxygens (including phenoxy) is 1. The van der Waals surface area contributed by atoms with Crippen LogP contribution in [-0.4, -0.2) is 42.6 Å². The third kappa shape index (κ3) is 4.82. The average Bonchev–Trinajstić information content (AvgIpc) is 2.58. The van der Waals surface area contributed by atoms with E-state index >= 15 is 0 Å². The van der Waals surface area contributed by atoms with E-state index in [4.69, 9.17) is 4.74 Å². The van der Waals surface area contributed by atoms with Crippen LogP contribution < -0.4 is 4.74 Å². The van der Waals surface area contributed by atoms with Crippen LogP contribution in [0.4, 0.5) is 8.78 Å². The van der Waals surface area contributed by atoms with Crippen LogP contribution in [0.15, 0.2) is 48.5 Å². The van der Waals surface area contributed by atoms with Crippen molar-refractivity contribution in [2.24, 2.45) is 0 Å². The summed E-state index contributed by atoms with van der Waals surface area (Å²) in [6.07, 6.45) is -0.675. The molecule has 3 rings (SSSR count). The Balaban J connectivity index is 1.75. The predicted octanol–water partition coefficient (Wildman–Crippen LogP) is 2.70. The van der Waals surface area contributed by atoms with Gasteiger partial charge in [0.15, 0.2) is 0 Å². The quantitative estimate of drug-likeness (QED) is 0.843. The highest BCUT2D eigenvalue weighted by atomic mass is 32.2. The first-order valence-electron chi connectivity index (χ1n) is 8.53. The van der Waals surface area contributed by atoms with Gasteiger partial charge in [-0.25, -0.2) is 17.2 Å². The van der Waals surface area contributed by atoms with Crippen molar-refractivity contribution >= 4 is 10.0 Å². The standard InChI is InChI=1S/C19H21F2NO4S/c1-19(23)9-10-22(12-18(19)26-17-4-2-3-16(21)11-17)27(24,25)13-14-5-7-15(20)8-6-14/h2-8,11,18,23H,9-10,12-13H2,1H3/t18-,19-/m0/s1. The first kappa shape index (κ1) is 19.7. The molecule has 0 spiro atoms. The highest BCUT2D eigenvalue weighted by molar-refractivity contribution is 7.88. The number of halogens is 2. The summed E-state index contributed by atoms with van der Waals surface area (Å²) in [5.41, 5.74) is -0.787. The second-order valence-corrected chi connectivity index (χ2v) is 8.88. The number of aliphatic hydroxyl groups is 1. The molecule has 0 bridgehead atoms. The Morgan fingerprint density at radius 3 is 2.56 bits per heavy atom. The molecule has 5 nitrogen and oxygen atoms in total. The van der Waals surface area contributed by atoms with Gasteiger partial charge in [-0.05, 0) is 43.2 Å². The van der Waals surface area contributed by atoms with Gasteiger partial charge in [0, 0.05) is 12.6 Å². The molecule has 2 atom stereocenters. The second-order valence-electron chi connectivity index (χ2n) is 6.91. The van der Waals surface area contributed by atoms with Crippen LogP contribution in [0.25, 0.3) is 0 Å². The maximum Gasteiger partial charge on any atom is 0.218 e. The number of rotatable bonds is 5. The van der Waals surface area contributed by atoms with E-state index in [9.17, 15) is 22.3 Å². The third-order valence-electron chi connectivity index (χ3n) is 4.66. The van der Waals surface area contributed by atoms with Crippen molar-refractivity contribution in [2.75, 3.05) is 13.1 Å². The van der Waals surface area contributed by atoms with Crippen LogP contribution in [0, 0.1) is 11.6 Å². The summed E-state index contributed by atoms with van der Waals surface area (Å²) in [5, 5.41) is 10.6. The zero-order valence-electron chi connectivity index (χ0n) is 14.8. The Bertz CT molecular complexity index is 900. The molecule has 0 saturated carbocycles. The van der Waals surface area contributed by atoms with Crippen LogP contribution in [0.3, 0.4) is 0 Å². The first-order chi connectivity index (χ1) is 12.7. The number of piperidine rings is 1. The highest BCUT2D eigenvalue weighted by Gasteiger charge is 2.42. The molecule has 0 aliphatic carbocycles. The monoisotopic (exact) mass is 397 g/mol. The van der Waals surface area contributed by atoms with E-state index in [1.807, 2.05) is 0 Å². The van der Waals surface area contributed by atoms with E-state index in [1.54, 1.807) is 13.0 Å². The van der Waals surface area contributed by atoms with Gasteiger partial charge in [0.25, 0.3) is 0 Å². The van der Waals surface area contributed by atoms with Crippen molar-refractivity contribution < 1.29 is 27.0 Å². The van der Waals surface area contributed by atoms with Crippen LogP contribution in [0.2, 0.25) is 0 Å². The Morgan fingerprint density at radius 1 is 1.19 bits per heavy atom. The maximum absolute atomic E-state index is 13.4. The molecule has 1 heterocycles. The van der Waals surface area contributed by atoms with Crippen LogP contribution in [0.5, 0.6) is 5.75 Å². The minimum Gasteiger partial charge on any atom is -0.486 e. The first-order valence-corrected chi connectivity index (χ1v) is 10.1. The molecule has 1 saturated heterocycles. The fourth-order valence-corrected chi connectivity index (χ4v) is 4.52. The summed E-state index contributed by atoms with van der Waals surface area (Å²) in [7, 11) is -3.69. The predicted molar refractivity (Wildman–Crippen MR) is 96.7 cm³/mol. The molecule has 1 fully saturated rings. The highest BCUT2D eigenvalue weighted by Crippen LogP contribution is 2.29. The van der Waals surface area contributed by atoms with Crippen molar-refractivity contribution in [2.45, 2.75) is 30.8 Å². The number of sulfonamides is 1. The molecular formula is C19H21F2NO4S. The molecule has 0 radical (unpaired) electrons. The summed E-state index contributed by atoms with van der Waals surface area (Å²) in [6, 6.07) is 10.7. The molecule has 2 aromatic carbocycles. The van der Waals surface area contributed by atoms with Gasteiger partial charge in [-0.15, -0.1) is 0 Å². The second kappa shape index (κ2) is 7.53. The van der Waals surface area contributed by atoms with Gasteiger partial charge >= 0.3 is 0 Å². The van der Waals surface area contributed by atoms with Crippen molar-refractivity contribution in [3.05, 3.63) is 65.7 Å². The van der Waals surface area contributed by atoms with Crippen LogP contribution in [-0.2, 0) is 15.8 Å². The number of hydrogen-bond acceptors (Lipinski definition) is 4. The summed E-state index contributed by atoms with van der Waals surface area (Å²) in [6.45, 7) is 1.65. The zero-order valence-corrected chi connectivity index (χ0v) is 15.6. The Hall–Kier alpha value is -2.03. The fourth-order valence-electron chi connectivity index (χ4n) is 2.99. The van der Waals surface area contributed by atoms with Gasteiger partial charge < -0.3 is 9.84 Å². The third-order valence-corrected chi connectivity index (χ3v) is 6.48. The molecule has 27 heavy (non-hydrogen) atoms. The number of hydrogen-bond donors (Lipinski definition) is 1. The van der Waals surface area contributed by atoms with Gasteiger partial charge in [-0.1, -0.05) is 18.2 Å². The van der Waals surface area contributed by atoms with E-state index in [0.29, 0.717) is 5.56 Å². The van der Waals surface area contributed by atoms with Gasteiger partial charge in [0.2, 0.25) is 10.0 Å². The van der Waals surface area contributed by atoms with Gasteiger partial charge in [-0.2, -0.15) is 4.31 Å². The summed E-state index contributed by atoms with van der Waals surface area (Å²) < 4.78 is 58.8. The SMILES string of the molecule is C[C@]1(O)CCN(S(=O)(=O)Cc2ccc(F)cc2)C[C@@H]1Oc1cccc(F)c1. The van der Waals surface area contributed by atoms with Gasteiger partial charge in [-0.3, -0.25) is 0 Å². The lowest BCUT2D eigenvalue weighted by atomic mass is 9.91. The van der Waals surface area contributed by atoms with Crippen LogP contribution in [0.1, 0.15) is 18.9 Å². The molecule has 8 heteroatoms. The zero-order chi connectivity index (χ0) is 19.7. The van der Waals surface area contributed by atoms with Crippen molar-refractivity contribution in [1.82, 2.24) is 4.31 Å². The average molecular weight is 397 g/mol. The summed E-state index contributed by atoms with van der Waals surface area (Å²) >= 11 is 0. The summed E-state index contributed by atoms with van der Waals surface area (Å²) in [5.74, 6) is -0.974. The molecule has 2 aromatic rings. The van der Waals surface area contributed by atoms with E-state index < -0.39 is 33.4 Å². The van der Waals surface area contributed by atoms with Crippen molar-refractivity contribution in [3.63, 3.8) is 0 Å². The van der Waals surface area contributed by atoms with Crippen LogP contribution >= 0.6 is 0 Å². The Labute approximate surface area is 157 Å². The fraction of sp³-hybridized carbons (Fsp3) is 0.368. The van der Waals surface area contributed by atoms with Gasteiger partial charge in [0.1, 0.15) is 29.1 Å². The largest absolute Gasteiger partial charge is 0.486 e. The lowest BCUT2D eigenvalue weighted by Crippen LogP contribution is -2.57. The normalized spacial score (nSPS) is 23.9. The van der Waals surface area contributed by atoms with Crippen molar-refractivity contribution in [3.8, 4) is 5.75 Å². The topological polar surface area (TPSA) is 66.8 Å². The molecule has 1 N–H and O–H groups in total. The molecule has 0 amide bonds. The number of benzene rings is 2. The minimum atomic E-state index is -3.69. The van der Waals surface area contributed by atoms with Crippen molar-refractivity contribution in [1.29, 1.82) is 0 Å². The lowest BCUT2D eigenvalue weighted by molar-refractivity contribution is -0.0810. The lowest BCUT2D eigenvalue weighted by Gasteiger charge is -2.41. The molecular weight excluding hydrogens is 376 g/mol. The summed E-state index contributed by atoms with van der Waals surface area (Å²) in [4.78, 5) is 0. The van der Waals surface area contributed by atoms with E-state index in [1.165, 1.54) is 46.8 Å². The van der Waals surface area contributed by atoms with Gasteiger partial charge in [0.05, 0.1) is 12.3 Å². The van der Waals surface area contributed by atoms with E-state index in [2.05, 4.69) is 0 Å². The molecule has 0 unspecified atom stereocenters. The molecule has 146 valence electrons. The Kier molecular flexibility index (Phi) is 5.50. The van der Waals surface area contributed by atoms with E-state index in [-0.39, 0.29) is 31.0 Å². The maximum atomic E-state index is 13.4. The Morgan fingerprint density at radius 2 is 1.89 bits per heavy atom. The smallest absolute Gasteiger partial charge is 0.218 e. The molecule has 0 aromatic heterocycles.